The molecule has 0 aromatic carbocycles. The van der Waals surface area contributed by atoms with E-state index in [9.17, 15) is 26.4 Å². The normalized spacial score (nSPS) is 8.17. The number of hydrogen-bond donors (Lipinski definition) is 5. The molecule has 0 spiro atoms. The number of esters is 2. The molecular weight excluding hydrogens is 769 g/mol. The monoisotopic (exact) mass is 836 g/mol. The van der Waals surface area contributed by atoms with Crippen molar-refractivity contribution in [3.05, 3.63) is 12.0 Å². The number of thiol groups is 1. The van der Waals surface area contributed by atoms with Gasteiger partial charge in [-0.1, -0.05) is 6.58 Å². The van der Waals surface area contributed by atoms with Crippen LogP contribution in [-0.2, 0) is 67.5 Å². The van der Waals surface area contributed by atoms with E-state index in [1.165, 1.54) is 11.8 Å². The van der Waals surface area contributed by atoms with Gasteiger partial charge in [-0.2, -0.15) is 24.4 Å². The maximum absolute atomic E-state index is 11.4. The molecular formula is C30H68N4O14S4. The summed E-state index contributed by atoms with van der Waals surface area (Å²) in [5, 5.41) is 12.2. The highest BCUT2D eigenvalue weighted by molar-refractivity contribution is 8.00. The molecule has 0 rings (SSSR count). The van der Waals surface area contributed by atoms with E-state index in [1.54, 1.807) is 13.3 Å². The Morgan fingerprint density at radius 2 is 0.904 bits per heavy atom. The molecule has 0 unspecified atom stereocenters. The Kier molecular flexibility index (Phi) is 130. The van der Waals surface area contributed by atoms with Gasteiger partial charge in [-0.25, -0.2) is 16.8 Å². The van der Waals surface area contributed by atoms with Gasteiger partial charge in [-0.05, 0) is 80.7 Å². The maximum atomic E-state index is 11.4. The largest absolute Gasteiger partial charge is 0.465 e. The zero-order valence-corrected chi connectivity index (χ0v) is 35.7. The van der Waals surface area contributed by atoms with Crippen molar-refractivity contribution in [2.75, 3.05) is 104 Å². The number of thioether (sulfide) groups is 1. The summed E-state index contributed by atoms with van der Waals surface area (Å²) in [6.07, 6.45) is 5.57. The van der Waals surface area contributed by atoms with Gasteiger partial charge in [0.2, 0.25) is 0 Å². The van der Waals surface area contributed by atoms with Crippen molar-refractivity contribution in [1.29, 1.82) is 0 Å². The zero-order chi connectivity index (χ0) is 44.3. The van der Waals surface area contributed by atoms with Crippen molar-refractivity contribution >= 4 is 96.7 Å². The SMILES string of the molecule is C=CS(=O)(=O)CCOC(=O)CCCNC.C=O.C=O.C=O.C=O.C=O.C=O.CNC.CNC.CNCCCC(=O)OCCS(=O)(=O)CCSC.CS. The van der Waals surface area contributed by atoms with Gasteiger partial charge < -0.3 is 59.5 Å². The van der Waals surface area contributed by atoms with Gasteiger partial charge in [-0.15, -0.1) is 0 Å². The van der Waals surface area contributed by atoms with Crippen LogP contribution >= 0.6 is 24.4 Å². The Morgan fingerprint density at radius 1 is 0.615 bits per heavy atom. The second-order valence-electron chi connectivity index (χ2n) is 7.53. The standard InChI is InChI=1S/C10H21NO4S2.C9H17NO4S.2C2H7N.6CH2O.CH4S/c1-11-5-3-4-10(12)15-6-8-17(13,14)9-7-16-2;1-3-15(12,13)8-7-14-9(11)5-4-6-10-2;2*1-3-2;7*1-2/h11H,3-9H2,1-2H3;3,10H,1,4-8H2,2H3;2*3H,1-2H3;6*1H2;2H,1H3. The molecule has 0 aliphatic carbocycles. The predicted octanol–water partition coefficient (Wildman–Crippen LogP) is -0.498. The van der Waals surface area contributed by atoms with Crippen LogP contribution < -0.4 is 21.3 Å². The highest BCUT2D eigenvalue weighted by Crippen LogP contribution is 1.99. The number of ether oxygens (including phenoxy) is 2. The Bertz CT molecular complexity index is 859. The van der Waals surface area contributed by atoms with Crippen molar-refractivity contribution in [2.24, 2.45) is 0 Å². The lowest BCUT2D eigenvalue weighted by Crippen LogP contribution is -2.19. The predicted molar refractivity (Wildman–Crippen MR) is 217 cm³/mol. The fourth-order valence-corrected chi connectivity index (χ4v) is 4.62. The smallest absolute Gasteiger partial charge is 0.305 e. The first-order valence-corrected chi connectivity index (χ1v) is 20.2. The molecule has 0 bridgehead atoms. The third kappa shape index (κ3) is 118. The topological polar surface area (TPSA) is 271 Å². The third-order valence-electron chi connectivity index (χ3n) is 3.76. The van der Waals surface area contributed by atoms with E-state index >= 15 is 0 Å². The van der Waals surface area contributed by atoms with Crippen LogP contribution in [0.2, 0.25) is 0 Å². The molecule has 0 saturated heterocycles. The van der Waals surface area contributed by atoms with Crippen LogP contribution in [-0.4, -0.2) is 174 Å². The van der Waals surface area contributed by atoms with Crippen LogP contribution in [0.5, 0.6) is 0 Å². The molecule has 0 heterocycles. The van der Waals surface area contributed by atoms with E-state index in [1.807, 2.05) is 82.2 Å². The van der Waals surface area contributed by atoms with E-state index in [-0.39, 0.29) is 42.4 Å². The van der Waals surface area contributed by atoms with E-state index in [2.05, 4.69) is 40.5 Å². The summed E-state index contributed by atoms with van der Waals surface area (Å²) in [7, 11) is 4.76. The lowest BCUT2D eigenvalue weighted by atomic mass is 10.3. The highest BCUT2D eigenvalue weighted by atomic mass is 32.2. The zero-order valence-electron chi connectivity index (χ0n) is 32.4. The molecule has 0 fully saturated rings. The van der Waals surface area contributed by atoms with E-state index in [0.717, 1.165) is 18.5 Å². The van der Waals surface area contributed by atoms with Crippen molar-refractivity contribution in [3.8, 4) is 0 Å². The average Bonchev–Trinajstić information content (AvgIpc) is 3.17. The lowest BCUT2D eigenvalue weighted by molar-refractivity contribution is -0.144. The summed E-state index contributed by atoms with van der Waals surface area (Å²) in [5.41, 5.74) is 0. The fraction of sp³-hybridized carbons (Fsp3) is 0.667. The summed E-state index contributed by atoms with van der Waals surface area (Å²) in [4.78, 5) is 70.2. The first-order chi connectivity index (χ1) is 24.9. The number of nitrogens with one attached hydrogen (secondary N) is 4. The maximum Gasteiger partial charge on any atom is 0.305 e. The first-order valence-electron chi connectivity index (χ1n) is 14.4. The molecule has 0 aliphatic heterocycles. The first kappa shape index (κ1) is 78.3. The van der Waals surface area contributed by atoms with Gasteiger partial charge in [0, 0.05) is 24.0 Å². The molecule has 0 amide bonds. The van der Waals surface area contributed by atoms with E-state index in [0.29, 0.717) is 31.4 Å². The van der Waals surface area contributed by atoms with Gasteiger partial charge in [-0.3, -0.25) is 9.59 Å². The molecule has 316 valence electrons. The van der Waals surface area contributed by atoms with Crippen LogP contribution in [0.25, 0.3) is 0 Å². The van der Waals surface area contributed by atoms with E-state index in [4.69, 9.17) is 38.2 Å². The van der Waals surface area contributed by atoms with Gasteiger partial charge in [0.15, 0.2) is 19.7 Å². The van der Waals surface area contributed by atoms with Crippen molar-refractivity contribution in [3.63, 3.8) is 0 Å². The average molecular weight is 837 g/mol. The molecule has 4 N–H and O–H groups in total. The third-order valence-corrected chi connectivity index (χ3v) is 7.49. The molecule has 0 radical (unpaired) electrons. The van der Waals surface area contributed by atoms with Crippen LogP contribution in [0.1, 0.15) is 25.7 Å². The molecule has 22 heteroatoms. The minimum Gasteiger partial charge on any atom is -0.465 e. The molecule has 0 atom stereocenters. The Balaban J connectivity index is -0.0000000482. The number of hydrogen-bond acceptors (Lipinski definition) is 20. The summed E-state index contributed by atoms with van der Waals surface area (Å²) < 4.78 is 54.3. The fourth-order valence-electron chi connectivity index (χ4n) is 1.91. The van der Waals surface area contributed by atoms with Crippen molar-refractivity contribution in [2.45, 2.75) is 25.7 Å². The minimum absolute atomic E-state index is 0.0326. The summed E-state index contributed by atoms with van der Waals surface area (Å²) in [6, 6.07) is 0. The molecule has 0 aliphatic rings. The van der Waals surface area contributed by atoms with Crippen molar-refractivity contribution < 1.29 is 64.7 Å². The number of sulfone groups is 2. The van der Waals surface area contributed by atoms with Gasteiger partial charge in [0.05, 0.1) is 17.3 Å². The second-order valence-corrected chi connectivity index (χ2v) is 12.9. The van der Waals surface area contributed by atoms with Crippen LogP contribution in [0, 0.1) is 0 Å². The second kappa shape index (κ2) is 86.6. The summed E-state index contributed by atoms with van der Waals surface area (Å²) in [5.74, 6) is -0.256. The quantitative estimate of drug-likeness (QED) is 0.0662. The molecule has 0 aromatic rings. The number of carbonyl (C=O) groups excluding carboxylic acids is 8. The molecule has 18 nitrogen and oxygen atoms in total. The summed E-state index contributed by atoms with van der Waals surface area (Å²) >= 11 is 5.02. The van der Waals surface area contributed by atoms with Gasteiger partial charge >= 0.3 is 11.9 Å². The van der Waals surface area contributed by atoms with Crippen LogP contribution in [0.3, 0.4) is 0 Å². The molecule has 52 heavy (non-hydrogen) atoms. The number of rotatable bonds is 18. The summed E-state index contributed by atoms with van der Waals surface area (Å²) in [6.45, 7) is 16.5. The molecule has 0 saturated carbocycles. The Morgan fingerprint density at radius 3 is 1.15 bits per heavy atom. The van der Waals surface area contributed by atoms with Crippen LogP contribution in [0.15, 0.2) is 12.0 Å². The Labute approximate surface area is 323 Å². The number of carbonyl (C=O) groups is 8. The lowest BCUT2D eigenvalue weighted by Gasteiger charge is -2.05. The molecule has 0 aromatic heterocycles. The Hall–Kier alpha value is -2.86. The van der Waals surface area contributed by atoms with Crippen LogP contribution in [0.4, 0.5) is 0 Å². The van der Waals surface area contributed by atoms with Crippen molar-refractivity contribution in [1.82, 2.24) is 21.3 Å². The minimum atomic E-state index is -3.27. The van der Waals surface area contributed by atoms with Gasteiger partial charge in [0.25, 0.3) is 0 Å². The van der Waals surface area contributed by atoms with E-state index < -0.39 is 19.7 Å². The highest BCUT2D eigenvalue weighted by Gasteiger charge is 2.12. The van der Waals surface area contributed by atoms with Gasteiger partial charge in [0.1, 0.15) is 53.9 Å².